The van der Waals surface area contributed by atoms with Gasteiger partial charge in [0.05, 0.1) is 22.4 Å². The van der Waals surface area contributed by atoms with E-state index in [2.05, 4.69) is 5.10 Å². The fraction of sp³-hybridized carbons (Fsp3) is 0.231. The van der Waals surface area contributed by atoms with Crippen molar-refractivity contribution in [2.45, 2.75) is 17.6 Å². The van der Waals surface area contributed by atoms with Gasteiger partial charge in [-0.2, -0.15) is 5.10 Å². The van der Waals surface area contributed by atoms with Gasteiger partial charge in [-0.15, -0.1) is 0 Å². The molecule has 20 heavy (non-hydrogen) atoms. The van der Waals surface area contributed by atoms with Gasteiger partial charge in [-0.05, 0) is 24.6 Å². The van der Waals surface area contributed by atoms with E-state index in [1.165, 1.54) is 29.1 Å². The van der Waals surface area contributed by atoms with Crippen molar-refractivity contribution < 1.29 is 18.3 Å². The van der Waals surface area contributed by atoms with Gasteiger partial charge in [-0.25, -0.2) is 13.2 Å². The van der Waals surface area contributed by atoms with Gasteiger partial charge in [0.25, 0.3) is 0 Å². The quantitative estimate of drug-likeness (QED) is 0.920. The van der Waals surface area contributed by atoms with E-state index >= 15 is 0 Å². The van der Waals surface area contributed by atoms with Crippen molar-refractivity contribution in [2.75, 3.05) is 0 Å². The smallest absolute Gasteiger partial charge is 0.335 e. The number of aryl methyl sites for hydroxylation is 2. The number of aromatic nitrogens is 2. The van der Waals surface area contributed by atoms with E-state index in [-0.39, 0.29) is 16.2 Å². The summed E-state index contributed by atoms with van der Waals surface area (Å²) >= 11 is 0. The summed E-state index contributed by atoms with van der Waals surface area (Å²) in [7, 11) is -1.90. The van der Waals surface area contributed by atoms with E-state index in [0.29, 0.717) is 11.1 Å². The zero-order valence-electron chi connectivity index (χ0n) is 11.1. The van der Waals surface area contributed by atoms with Gasteiger partial charge in [0.15, 0.2) is 9.84 Å². The van der Waals surface area contributed by atoms with Crippen molar-refractivity contribution in [3.63, 3.8) is 0 Å². The number of benzene rings is 1. The van der Waals surface area contributed by atoms with Crippen LogP contribution in [0.15, 0.2) is 35.5 Å². The van der Waals surface area contributed by atoms with Crippen molar-refractivity contribution in [3.8, 4) is 0 Å². The van der Waals surface area contributed by atoms with Crippen LogP contribution in [0.2, 0.25) is 0 Å². The lowest BCUT2D eigenvalue weighted by Gasteiger charge is -2.07. The molecule has 1 heterocycles. The highest BCUT2D eigenvalue weighted by atomic mass is 32.2. The van der Waals surface area contributed by atoms with Crippen molar-refractivity contribution in [3.05, 3.63) is 47.3 Å². The van der Waals surface area contributed by atoms with E-state index < -0.39 is 15.8 Å². The first kappa shape index (κ1) is 14.3. The third kappa shape index (κ3) is 2.88. The fourth-order valence-corrected chi connectivity index (χ4v) is 3.52. The molecule has 106 valence electrons. The Balaban J connectivity index is 2.43. The number of hydrogen-bond donors (Lipinski definition) is 1. The second-order valence-corrected chi connectivity index (χ2v) is 6.52. The molecular weight excluding hydrogens is 280 g/mol. The van der Waals surface area contributed by atoms with E-state index in [0.717, 1.165) is 0 Å². The number of carboxylic acid groups (broad SMARTS) is 1. The minimum absolute atomic E-state index is 0.0413. The Morgan fingerprint density at radius 3 is 2.65 bits per heavy atom. The van der Waals surface area contributed by atoms with Crippen LogP contribution in [-0.4, -0.2) is 29.3 Å². The molecule has 0 bridgehead atoms. The Labute approximate surface area is 116 Å². The van der Waals surface area contributed by atoms with Crippen LogP contribution in [0.5, 0.6) is 0 Å². The van der Waals surface area contributed by atoms with E-state index in [4.69, 9.17) is 5.11 Å². The molecule has 0 atom stereocenters. The minimum atomic E-state index is -3.60. The molecular formula is C13H14N2O4S. The van der Waals surface area contributed by atoms with Gasteiger partial charge in [0.2, 0.25) is 0 Å². The molecule has 2 aromatic rings. The van der Waals surface area contributed by atoms with Gasteiger partial charge < -0.3 is 5.11 Å². The predicted molar refractivity (Wildman–Crippen MR) is 72.2 cm³/mol. The number of aromatic carboxylic acids is 1. The van der Waals surface area contributed by atoms with Crippen LogP contribution in [0.25, 0.3) is 0 Å². The van der Waals surface area contributed by atoms with Crippen molar-refractivity contribution in [1.29, 1.82) is 0 Å². The lowest BCUT2D eigenvalue weighted by Crippen LogP contribution is -2.08. The molecule has 1 aromatic carbocycles. The number of carboxylic acids is 1. The molecule has 0 saturated heterocycles. The first-order chi connectivity index (χ1) is 9.29. The SMILES string of the molecule is Cc1ccc(C(=O)O)cc1S(=O)(=O)Cc1cnn(C)c1. The summed E-state index contributed by atoms with van der Waals surface area (Å²) in [6.45, 7) is 1.64. The highest BCUT2D eigenvalue weighted by Gasteiger charge is 2.20. The summed E-state index contributed by atoms with van der Waals surface area (Å²) in [5.74, 6) is -1.35. The summed E-state index contributed by atoms with van der Waals surface area (Å²) < 4.78 is 26.3. The number of hydrogen-bond acceptors (Lipinski definition) is 4. The molecule has 0 aliphatic carbocycles. The van der Waals surface area contributed by atoms with Gasteiger partial charge in [0.1, 0.15) is 0 Å². The molecule has 1 aromatic heterocycles. The Kier molecular flexibility index (Phi) is 3.63. The second-order valence-electron chi connectivity index (χ2n) is 4.57. The molecule has 0 saturated carbocycles. The molecule has 0 fully saturated rings. The average molecular weight is 294 g/mol. The van der Waals surface area contributed by atoms with Gasteiger partial charge in [-0.1, -0.05) is 6.07 Å². The Morgan fingerprint density at radius 1 is 1.40 bits per heavy atom. The van der Waals surface area contributed by atoms with Crippen LogP contribution < -0.4 is 0 Å². The van der Waals surface area contributed by atoms with Gasteiger partial charge in [-0.3, -0.25) is 4.68 Å². The lowest BCUT2D eigenvalue weighted by molar-refractivity contribution is 0.0696. The van der Waals surface area contributed by atoms with E-state index in [1.54, 1.807) is 20.2 Å². The zero-order chi connectivity index (χ0) is 14.9. The molecule has 0 amide bonds. The van der Waals surface area contributed by atoms with Crippen molar-refractivity contribution >= 4 is 15.8 Å². The van der Waals surface area contributed by atoms with Crippen LogP contribution in [-0.2, 0) is 22.6 Å². The van der Waals surface area contributed by atoms with Crippen LogP contribution in [0.1, 0.15) is 21.5 Å². The third-order valence-electron chi connectivity index (χ3n) is 2.89. The zero-order valence-corrected chi connectivity index (χ0v) is 11.9. The molecule has 7 heteroatoms. The molecule has 0 aliphatic rings. The standard InChI is InChI=1S/C13H14N2O4S/c1-9-3-4-11(13(16)17)5-12(9)20(18,19)8-10-6-14-15(2)7-10/h3-7H,8H2,1-2H3,(H,16,17). The van der Waals surface area contributed by atoms with Crippen LogP contribution in [0.3, 0.4) is 0 Å². The van der Waals surface area contributed by atoms with Crippen LogP contribution >= 0.6 is 0 Å². The lowest BCUT2D eigenvalue weighted by atomic mass is 10.1. The molecule has 0 radical (unpaired) electrons. The summed E-state index contributed by atoms with van der Waals surface area (Å²) in [5, 5.41) is 12.9. The molecule has 1 N–H and O–H groups in total. The fourth-order valence-electron chi connectivity index (χ4n) is 1.91. The largest absolute Gasteiger partial charge is 0.478 e. The third-order valence-corrected chi connectivity index (χ3v) is 4.71. The number of carbonyl (C=O) groups is 1. The molecule has 2 rings (SSSR count). The monoisotopic (exact) mass is 294 g/mol. The maximum absolute atomic E-state index is 12.4. The summed E-state index contributed by atoms with van der Waals surface area (Å²) in [5.41, 5.74) is 1.05. The second kappa shape index (κ2) is 5.09. The van der Waals surface area contributed by atoms with Crippen LogP contribution in [0, 0.1) is 6.92 Å². The van der Waals surface area contributed by atoms with E-state index in [1.807, 2.05) is 0 Å². The summed E-state index contributed by atoms with van der Waals surface area (Å²) in [6.07, 6.45) is 3.10. The number of rotatable bonds is 4. The molecule has 6 nitrogen and oxygen atoms in total. The molecule has 0 unspecified atom stereocenters. The maximum Gasteiger partial charge on any atom is 0.335 e. The van der Waals surface area contributed by atoms with Crippen molar-refractivity contribution in [2.24, 2.45) is 7.05 Å². The first-order valence-electron chi connectivity index (χ1n) is 5.84. The highest BCUT2D eigenvalue weighted by Crippen LogP contribution is 2.21. The Hall–Kier alpha value is -2.15. The Morgan fingerprint density at radius 2 is 2.10 bits per heavy atom. The molecule has 0 spiro atoms. The minimum Gasteiger partial charge on any atom is -0.478 e. The van der Waals surface area contributed by atoms with Crippen molar-refractivity contribution in [1.82, 2.24) is 9.78 Å². The first-order valence-corrected chi connectivity index (χ1v) is 7.49. The molecule has 0 aliphatic heterocycles. The predicted octanol–water partition coefficient (Wildman–Crippen LogP) is 1.40. The normalized spacial score (nSPS) is 11.5. The summed E-state index contributed by atoms with van der Waals surface area (Å²) in [6, 6.07) is 4.09. The maximum atomic E-state index is 12.4. The van der Waals surface area contributed by atoms with Gasteiger partial charge >= 0.3 is 5.97 Å². The topological polar surface area (TPSA) is 89.3 Å². The highest BCUT2D eigenvalue weighted by molar-refractivity contribution is 7.90. The Bertz CT molecular complexity index is 762. The number of nitrogens with zero attached hydrogens (tertiary/aromatic N) is 2. The van der Waals surface area contributed by atoms with E-state index in [9.17, 15) is 13.2 Å². The van der Waals surface area contributed by atoms with Gasteiger partial charge in [0, 0.05) is 18.8 Å². The summed E-state index contributed by atoms with van der Waals surface area (Å²) in [4.78, 5) is 11.0. The van der Waals surface area contributed by atoms with Crippen LogP contribution in [0.4, 0.5) is 0 Å². The average Bonchev–Trinajstić information content (AvgIpc) is 2.73. The number of sulfone groups is 1.